The lowest BCUT2D eigenvalue weighted by atomic mass is 10.1. The highest BCUT2D eigenvalue weighted by Crippen LogP contribution is 2.29. The highest BCUT2D eigenvalue weighted by Gasteiger charge is 2.14. The Balaban J connectivity index is 2.16. The number of imidazole rings is 1. The molecule has 0 aliphatic rings. The first-order valence-corrected chi connectivity index (χ1v) is 8.21. The Bertz CT molecular complexity index is 907. The summed E-state index contributed by atoms with van der Waals surface area (Å²) < 4.78 is 2.12. The molecule has 0 aliphatic heterocycles. The van der Waals surface area contributed by atoms with Crippen molar-refractivity contribution < 1.29 is 0 Å². The summed E-state index contributed by atoms with van der Waals surface area (Å²) in [7, 11) is 0. The van der Waals surface area contributed by atoms with Crippen molar-refractivity contribution in [3.8, 4) is 6.07 Å². The van der Waals surface area contributed by atoms with Gasteiger partial charge in [0, 0.05) is 6.42 Å². The van der Waals surface area contributed by atoms with Crippen molar-refractivity contribution in [1.82, 2.24) is 9.55 Å². The van der Waals surface area contributed by atoms with Crippen LogP contribution in [-0.4, -0.2) is 9.55 Å². The third-order valence-corrected chi connectivity index (χ3v) is 4.53. The zero-order chi connectivity index (χ0) is 16.4. The molecular weight excluding hydrogens is 329 g/mol. The second-order valence-electron chi connectivity index (χ2n) is 5.39. The zero-order valence-electron chi connectivity index (χ0n) is 12.7. The normalized spacial score (nSPS) is 10.9. The number of rotatable bonds is 4. The molecule has 116 valence electrons. The van der Waals surface area contributed by atoms with E-state index in [1.54, 1.807) is 6.07 Å². The minimum Gasteiger partial charge on any atom is -0.323 e. The molecule has 3 nitrogen and oxygen atoms in total. The predicted molar refractivity (Wildman–Crippen MR) is 94.0 cm³/mol. The van der Waals surface area contributed by atoms with Crippen molar-refractivity contribution in [1.29, 1.82) is 5.26 Å². The Kier molecular flexibility index (Phi) is 4.56. The number of fused-ring (bicyclic) bond motifs is 1. The van der Waals surface area contributed by atoms with Crippen LogP contribution in [0.25, 0.3) is 11.0 Å². The van der Waals surface area contributed by atoms with Crippen molar-refractivity contribution in [2.24, 2.45) is 0 Å². The molecule has 3 aromatic rings. The molecule has 0 N–H and O–H groups in total. The molecule has 3 rings (SSSR count). The fourth-order valence-electron chi connectivity index (χ4n) is 2.70. The van der Waals surface area contributed by atoms with E-state index in [2.05, 4.69) is 17.6 Å². The van der Waals surface area contributed by atoms with Gasteiger partial charge in [-0.3, -0.25) is 0 Å². The smallest absolute Gasteiger partial charge is 0.110 e. The molecule has 0 radical (unpaired) electrons. The molecule has 1 aromatic heterocycles. The van der Waals surface area contributed by atoms with E-state index < -0.39 is 0 Å². The van der Waals surface area contributed by atoms with E-state index in [1.165, 1.54) is 0 Å². The van der Waals surface area contributed by atoms with Crippen molar-refractivity contribution >= 4 is 34.2 Å². The molecule has 0 saturated heterocycles. The molecule has 0 aliphatic carbocycles. The van der Waals surface area contributed by atoms with Gasteiger partial charge in [-0.05, 0) is 30.2 Å². The highest BCUT2D eigenvalue weighted by molar-refractivity contribution is 6.42. The third-order valence-electron chi connectivity index (χ3n) is 3.81. The minimum atomic E-state index is 0.504. The molecule has 0 unspecified atom stereocenters. The van der Waals surface area contributed by atoms with E-state index >= 15 is 0 Å². The average Bonchev–Trinajstić information content (AvgIpc) is 2.86. The Labute approximate surface area is 145 Å². The van der Waals surface area contributed by atoms with Gasteiger partial charge in [0.15, 0.2) is 0 Å². The monoisotopic (exact) mass is 343 g/mol. The topological polar surface area (TPSA) is 41.6 Å². The highest BCUT2D eigenvalue weighted by atomic mass is 35.5. The Morgan fingerprint density at radius 2 is 1.91 bits per heavy atom. The molecule has 0 amide bonds. The van der Waals surface area contributed by atoms with E-state index in [0.29, 0.717) is 22.2 Å². The van der Waals surface area contributed by atoms with E-state index in [1.807, 2.05) is 30.3 Å². The Morgan fingerprint density at radius 3 is 2.65 bits per heavy atom. The zero-order valence-corrected chi connectivity index (χ0v) is 14.2. The second-order valence-corrected chi connectivity index (χ2v) is 6.20. The molecule has 0 atom stereocenters. The maximum absolute atomic E-state index is 9.30. The number of nitriles is 1. The summed E-state index contributed by atoms with van der Waals surface area (Å²) in [6.07, 6.45) is 1.85. The van der Waals surface area contributed by atoms with Gasteiger partial charge in [-0.1, -0.05) is 48.3 Å². The van der Waals surface area contributed by atoms with Gasteiger partial charge in [-0.2, -0.15) is 5.26 Å². The summed E-state index contributed by atoms with van der Waals surface area (Å²) in [5, 5.41) is 10.3. The van der Waals surface area contributed by atoms with Crippen molar-refractivity contribution in [2.45, 2.75) is 26.3 Å². The summed E-state index contributed by atoms with van der Waals surface area (Å²) >= 11 is 12.3. The molecule has 0 spiro atoms. The van der Waals surface area contributed by atoms with Gasteiger partial charge >= 0.3 is 0 Å². The number of hydrogen-bond donors (Lipinski definition) is 0. The summed E-state index contributed by atoms with van der Waals surface area (Å²) in [6.45, 7) is 2.71. The lowest BCUT2D eigenvalue weighted by Gasteiger charge is -2.10. The molecule has 0 saturated carbocycles. The first kappa shape index (κ1) is 15.9. The van der Waals surface area contributed by atoms with Crippen LogP contribution in [0.2, 0.25) is 10.0 Å². The molecule has 5 heteroatoms. The van der Waals surface area contributed by atoms with Gasteiger partial charge in [0.1, 0.15) is 5.82 Å². The number of aromatic nitrogens is 2. The van der Waals surface area contributed by atoms with Crippen molar-refractivity contribution in [3.63, 3.8) is 0 Å². The fraction of sp³-hybridized carbons (Fsp3) is 0.222. The summed E-state index contributed by atoms with van der Waals surface area (Å²) in [6, 6.07) is 13.5. The molecule has 0 fully saturated rings. The Morgan fingerprint density at radius 1 is 1.17 bits per heavy atom. The lowest BCUT2D eigenvalue weighted by Crippen LogP contribution is -2.06. The van der Waals surface area contributed by atoms with E-state index in [0.717, 1.165) is 35.3 Å². The van der Waals surface area contributed by atoms with Crippen molar-refractivity contribution in [3.05, 3.63) is 63.4 Å². The fourth-order valence-corrected chi connectivity index (χ4v) is 3.01. The molecular formula is C18H15Cl2N3. The minimum absolute atomic E-state index is 0.504. The van der Waals surface area contributed by atoms with Crippen molar-refractivity contribution in [2.75, 3.05) is 0 Å². The quantitative estimate of drug-likeness (QED) is 0.651. The van der Waals surface area contributed by atoms with Crippen LogP contribution in [0.4, 0.5) is 0 Å². The molecule has 1 heterocycles. The maximum Gasteiger partial charge on any atom is 0.110 e. The number of halogens is 2. The lowest BCUT2D eigenvalue weighted by molar-refractivity contribution is 0.721. The second kappa shape index (κ2) is 6.62. The largest absolute Gasteiger partial charge is 0.323 e. The van der Waals surface area contributed by atoms with Gasteiger partial charge in [0.2, 0.25) is 0 Å². The number of nitrogens with zero attached hydrogens (tertiary/aromatic N) is 3. The SMILES string of the molecule is CCCc1nc2cc(Cl)c(Cl)cc2n1Cc1ccccc1C#N. The Hall–Kier alpha value is -2.02. The van der Waals surface area contributed by atoms with Crippen LogP contribution in [-0.2, 0) is 13.0 Å². The maximum atomic E-state index is 9.30. The van der Waals surface area contributed by atoms with E-state index in [9.17, 15) is 5.26 Å². The van der Waals surface area contributed by atoms with E-state index in [4.69, 9.17) is 28.2 Å². The number of benzene rings is 2. The first-order valence-electron chi connectivity index (χ1n) is 7.46. The van der Waals surface area contributed by atoms with Gasteiger partial charge in [-0.15, -0.1) is 0 Å². The molecule has 0 bridgehead atoms. The average molecular weight is 344 g/mol. The van der Waals surface area contributed by atoms with Gasteiger partial charge in [0.25, 0.3) is 0 Å². The molecule has 23 heavy (non-hydrogen) atoms. The molecule has 2 aromatic carbocycles. The van der Waals surface area contributed by atoms with Crippen LogP contribution in [0.15, 0.2) is 36.4 Å². The van der Waals surface area contributed by atoms with Crippen LogP contribution in [0, 0.1) is 11.3 Å². The van der Waals surface area contributed by atoms with Gasteiger partial charge in [-0.25, -0.2) is 4.98 Å². The van der Waals surface area contributed by atoms with Crippen LogP contribution < -0.4 is 0 Å². The summed E-state index contributed by atoms with van der Waals surface area (Å²) in [5.74, 6) is 0.980. The first-order chi connectivity index (χ1) is 11.1. The van der Waals surface area contributed by atoms with E-state index in [-0.39, 0.29) is 0 Å². The standard InChI is InChI=1S/C18H15Cl2N3/c1-2-5-18-22-16-8-14(19)15(20)9-17(16)23(18)11-13-7-4-3-6-12(13)10-21/h3-4,6-9H,2,5,11H2,1H3. The third kappa shape index (κ3) is 3.06. The number of hydrogen-bond acceptors (Lipinski definition) is 2. The number of aryl methyl sites for hydroxylation is 1. The van der Waals surface area contributed by atoms with Gasteiger partial charge < -0.3 is 4.57 Å². The van der Waals surface area contributed by atoms with Crippen LogP contribution in [0.3, 0.4) is 0 Å². The van der Waals surface area contributed by atoms with Crippen LogP contribution >= 0.6 is 23.2 Å². The van der Waals surface area contributed by atoms with Crippen LogP contribution in [0.5, 0.6) is 0 Å². The summed E-state index contributed by atoms with van der Waals surface area (Å²) in [5.41, 5.74) is 3.42. The summed E-state index contributed by atoms with van der Waals surface area (Å²) in [4.78, 5) is 4.69. The van der Waals surface area contributed by atoms with Gasteiger partial charge in [0.05, 0.1) is 39.3 Å². The predicted octanol–water partition coefficient (Wildman–Crippen LogP) is 5.22. The van der Waals surface area contributed by atoms with Crippen LogP contribution in [0.1, 0.15) is 30.3 Å².